The van der Waals surface area contributed by atoms with E-state index in [9.17, 15) is 14.4 Å². The highest BCUT2D eigenvalue weighted by atomic mass is 32.1. The smallest absolute Gasteiger partial charge is 0.407 e. The van der Waals surface area contributed by atoms with Gasteiger partial charge in [-0.1, -0.05) is 74.5 Å². The van der Waals surface area contributed by atoms with E-state index in [-0.39, 0.29) is 37.2 Å². The number of thiazole rings is 2. The number of amides is 4. The van der Waals surface area contributed by atoms with Crippen LogP contribution in [0.5, 0.6) is 0 Å². The number of carbonyl (C=O) groups excluding carboxylic acids is 3. The summed E-state index contributed by atoms with van der Waals surface area (Å²) >= 11 is 3.03. The molecule has 14 heteroatoms. The van der Waals surface area contributed by atoms with Crippen molar-refractivity contribution >= 4 is 40.7 Å². The number of likely N-dealkylation sites (N-methyl/N-ethyl adjacent to an activating group) is 1. The average Bonchev–Trinajstić information content (AvgIpc) is 3.89. The first-order valence-electron chi connectivity index (χ1n) is 18.6. The van der Waals surface area contributed by atoms with Crippen molar-refractivity contribution in [1.82, 2.24) is 35.3 Å². The van der Waals surface area contributed by atoms with Crippen LogP contribution >= 0.6 is 22.7 Å². The molecule has 2 aromatic carbocycles. The first kappa shape index (κ1) is 40.8. The molecular weight excluding hydrogens is 723 g/mol. The van der Waals surface area contributed by atoms with Crippen molar-refractivity contribution in [2.45, 2.75) is 70.7 Å². The first-order chi connectivity index (χ1) is 26.2. The molecule has 3 heterocycles. The number of rotatable bonds is 19. The largest absolute Gasteiger partial charge is 0.444 e. The van der Waals surface area contributed by atoms with Gasteiger partial charge < -0.3 is 29.9 Å². The fourth-order valence-electron chi connectivity index (χ4n) is 6.19. The molecular formula is C40H53N7O5S2. The van der Waals surface area contributed by atoms with Crippen molar-refractivity contribution in [3.05, 3.63) is 104 Å². The SMILES string of the molecule is CC(C)c1nc(CN(C)C(=O)CN(CCN2CCOCC2)C(=O)N[C@H](CC[C@H](Cc2ccccc2)NC(=O)OCc2cncs2)Cc2ccccc2)cs1. The number of morpholine rings is 1. The highest BCUT2D eigenvalue weighted by molar-refractivity contribution is 7.09. The average molecular weight is 776 g/mol. The second-order valence-corrected chi connectivity index (χ2v) is 15.8. The van der Waals surface area contributed by atoms with Gasteiger partial charge in [0, 0.05) is 62.8 Å². The van der Waals surface area contributed by atoms with Crippen molar-refractivity contribution in [1.29, 1.82) is 0 Å². The van der Waals surface area contributed by atoms with Crippen LogP contribution in [0, 0.1) is 0 Å². The molecule has 1 aliphatic heterocycles. The molecule has 2 atom stereocenters. The monoisotopic (exact) mass is 775 g/mol. The Kier molecular flexibility index (Phi) is 16.2. The van der Waals surface area contributed by atoms with Crippen molar-refractivity contribution < 1.29 is 23.9 Å². The van der Waals surface area contributed by atoms with Crippen molar-refractivity contribution in [3.8, 4) is 0 Å². The Labute approximate surface area is 326 Å². The van der Waals surface area contributed by atoms with Crippen LogP contribution in [0.15, 0.2) is 77.8 Å². The van der Waals surface area contributed by atoms with E-state index in [1.165, 1.54) is 11.3 Å². The molecule has 0 unspecified atom stereocenters. The minimum absolute atomic E-state index is 0.0598. The number of hydrogen-bond acceptors (Lipinski definition) is 10. The van der Waals surface area contributed by atoms with Crippen molar-refractivity contribution in [3.63, 3.8) is 0 Å². The zero-order chi connectivity index (χ0) is 38.1. The number of nitrogens with one attached hydrogen (secondary N) is 2. The van der Waals surface area contributed by atoms with Gasteiger partial charge in [0.25, 0.3) is 0 Å². The predicted octanol–water partition coefficient (Wildman–Crippen LogP) is 5.95. The molecule has 12 nitrogen and oxygen atoms in total. The number of ether oxygens (including phenoxy) is 2. The Morgan fingerprint density at radius 3 is 2.17 bits per heavy atom. The fourth-order valence-corrected chi connectivity index (χ4v) is 7.52. The van der Waals surface area contributed by atoms with Gasteiger partial charge in [-0.25, -0.2) is 14.6 Å². The van der Waals surface area contributed by atoms with Gasteiger partial charge >= 0.3 is 12.1 Å². The molecule has 0 bridgehead atoms. The number of alkyl carbamates (subject to hydrolysis) is 1. The highest BCUT2D eigenvalue weighted by Crippen LogP contribution is 2.20. The van der Waals surface area contributed by atoms with Gasteiger partial charge in [0.05, 0.1) is 40.8 Å². The predicted molar refractivity (Wildman–Crippen MR) is 213 cm³/mol. The highest BCUT2D eigenvalue weighted by Gasteiger charge is 2.25. The zero-order valence-electron chi connectivity index (χ0n) is 31.5. The molecule has 5 rings (SSSR count). The van der Waals surface area contributed by atoms with Crippen molar-refractivity contribution in [2.24, 2.45) is 0 Å². The van der Waals surface area contributed by atoms with Crippen LogP contribution in [0.3, 0.4) is 0 Å². The molecule has 4 amide bonds. The van der Waals surface area contributed by atoms with E-state index in [0.717, 1.165) is 39.8 Å². The van der Waals surface area contributed by atoms with Gasteiger partial charge in [-0.15, -0.1) is 22.7 Å². The topological polar surface area (TPSA) is 129 Å². The Bertz CT molecular complexity index is 1700. The molecule has 2 aromatic heterocycles. The molecule has 1 saturated heterocycles. The van der Waals surface area contributed by atoms with Crippen molar-refractivity contribution in [2.75, 3.05) is 53.0 Å². The molecule has 2 N–H and O–H groups in total. The summed E-state index contributed by atoms with van der Waals surface area (Å²) in [6.07, 6.45) is 3.56. The molecule has 54 heavy (non-hydrogen) atoms. The van der Waals surface area contributed by atoms with Gasteiger partial charge in [0.15, 0.2) is 0 Å². The van der Waals surface area contributed by atoms with Gasteiger partial charge in [-0.3, -0.25) is 14.7 Å². The van der Waals surface area contributed by atoms with Gasteiger partial charge in [-0.05, 0) is 36.8 Å². The Hall–Kier alpha value is -4.37. The fraction of sp³-hybridized carbons (Fsp3) is 0.475. The number of urea groups is 1. The summed E-state index contributed by atoms with van der Waals surface area (Å²) in [6, 6.07) is 19.3. The lowest BCUT2D eigenvalue weighted by Crippen LogP contribution is -2.52. The Morgan fingerprint density at radius 2 is 1.57 bits per heavy atom. The second-order valence-electron chi connectivity index (χ2n) is 13.9. The number of benzene rings is 2. The van der Waals surface area contributed by atoms with Crippen LogP contribution in [-0.2, 0) is 40.3 Å². The molecule has 0 saturated carbocycles. The Balaban J connectivity index is 1.28. The quantitative estimate of drug-likeness (QED) is 0.120. The van der Waals surface area contributed by atoms with E-state index in [4.69, 9.17) is 14.5 Å². The maximum Gasteiger partial charge on any atom is 0.407 e. The molecule has 0 radical (unpaired) electrons. The standard InChI is InChI=1S/C40H53N7O5S2/c1-30(2)38-42-35(28-53-38)25-45(3)37(48)26-47(17-16-46-18-20-51-21-19-46)39(49)43-33(22-31-10-6-4-7-11-31)14-15-34(23-32-12-8-5-9-13-32)44-40(50)52-27-36-24-41-29-54-36/h4-13,24,28-30,33-34H,14-23,25-27H2,1-3H3,(H,43,49)(H,44,50)/t33-,34-/m1/s1. The lowest BCUT2D eigenvalue weighted by Gasteiger charge is -2.32. The summed E-state index contributed by atoms with van der Waals surface area (Å²) in [5.74, 6) is 0.162. The second kappa shape index (κ2) is 21.5. The summed E-state index contributed by atoms with van der Waals surface area (Å²) in [4.78, 5) is 56.0. The van der Waals surface area contributed by atoms with Crippen LogP contribution in [0.1, 0.15) is 59.3 Å². The maximum absolute atomic E-state index is 14.2. The number of nitrogens with zero attached hydrogens (tertiary/aromatic N) is 5. The number of carbonyl (C=O) groups is 3. The van der Waals surface area contributed by atoms with E-state index < -0.39 is 6.09 Å². The summed E-state index contributed by atoms with van der Waals surface area (Å²) in [5.41, 5.74) is 4.72. The summed E-state index contributed by atoms with van der Waals surface area (Å²) in [7, 11) is 1.76. The van der Waals surface area contributed by atoms with E-state index in [1.54, 1.807) is 39.9 Å². The summed E-state index contributed by atoms with van der Waals surface area (Å²) in [5, 5.41) is 9.40. The third kappa shape index (κ3) is 13.8. The van der Waals surface area contributed by atoms with Crippen LogP contribution in [0.25, 0.3) is 0 Å². The molecule has 0 aliphatic carbocycles. The summed E-state index contributed by atoms with van der Waals surface area (Å²) < 4.78 is 11.1. The van der Waals surface area contributed by atoms with Gasteiger partial charge in [0.2, 0.25) is 5.91 Å². The third-order valence-electron chi connectivity index (χ3n) is 9.28. The molecule has 0 spiro atoms. The Morgan fingerprint density at radius 1 is 0.926 bits per heavy atom. The van der Waals surface area contributed by atoms with Crippen LogP contribution in [0.2, 0.25) is 0 Å². The van der Waals surface area contributed by atoms with E-state index >= 15 is 0 Å². The number of hydrogen-bond donors (Lipinski definition) is 2. The zero-order valence-corrected chi connectivity index (χ0v) is 33.2. The lowest BCUT2D eigenvalue weighted by molar-refractivity contribution is -0.131. The van der Waals surface area contributed by atoms with Gasteiger partial charge in [0.1, 0.15) is 13.2 Å². The lowest BCUT2D eigenvalue weighted by atomic mass is 9.96. The van der Waals surface area contributed by atoms with Crippen LogP contribution < -0.4 is 10.6 Å². The van der Waals surface area contributed by atoms with Crippen LogP contribution in [0.4, 0.5) is 9.59 Å². The normalized spacial score (nSPS) is 14.3. The molecule has 1 aliphatic rings. The minimum Gasteiger partial charge on any atom is -0.444 e. The molecule has 4 aromatic rings. The minimum atomic E-state index is -0.497. The third-order valence-corrected chi connectivity index (χ3v) is 11.2. The molecule has 290 valence electrons. The number of aromatic nitrogens is 2. The van der Waals surface area contributed by atoms with E-state index in [2.05, 4.69) is 34.4 Å². The van der Waals surface area contributed by atoms with Crippen LogP contribution in [-0.4, -0.2) is 108 Å². The summed E-state index contributed by atoms with van der Waals surface area (Å²) in [6.45, 7) is 8.56. The molecule has 1 fully saturated rings. The first-order valence-corrected chi connectivity index (χ1v) is 20.4. The van der Waals surface area contributed by atoms with E-state index in [1.807, 2.05) is 66.0 Å². The van der Waals surface area contributed by atoms with Gasteiger partial charge in [-0.2, -0.15) is 0 Å². The van der Waals surface area contributed by atoms with E-state index in [0.29, 0.717) is 64.4 Å². The maximum atomic E-state index is 14.2.